The zero-order valence-corrected chi connectivity index (χ0v) is 25.5. The van der Waals surface area contributed by atoms with Gasteiger partial charge in [0.25, 0.3) is 0 Å². The lowest BCUT2D eigenvalue weighted by Gasteiger charge is -2.52. The second-order valence-electron chi connectivity index (χ2n) is 14.1. The third-order valence-corrected chi connectivity index (χ3v) is 15.5. The minimum absolute atomic E-state index is 0.239. The molecule has 6 heteroatoms. The average molecular weight is 541 g/mol. The van der Waals surface area contributed by atoms with Crippen LogP contribution in [0.15, 0.2) is 29.8 Å². The molecule has 0 bridgehead atoms. The first kappa shape index (κ1) is 27.9. The van der Waals surface area contributed by atoms with Crippen LogP contribution in [0.25, 0.3) is 0 Å². The topological polar surface area (TPSA) is 65.0 Å². The highest BCUT2D eigenvalue weighted by Gasteiger charge is 2.57. The lowest BCUT2D eigenvalue weighted by atomic mass is 9.55. The predicted octanol–water partition coefficient (Wildman–Crippen LogP) is 6.93. The van der Waals surface area contributed by atoms with E-state index in [4.69, 9.17) is 13.9 Å². The number of benzene rings is 1. The summed E-state index contributed by atoms with van der Waals surface area (Å²) >= 11 is 0. The number of esters is 1. The monoisotopic (exact) mass is 540 g/mol. The fraction of sp³-hybridized carbons (Fsp3) is 0.719. The molecular formula is C32H48O5Si. The van der Waals surface area contributed by atoms with Gasteiger partial charge in [0.15, 0.2) is 14.4 Å². The Morgan fingerprint density at radius 1 is 1.11 bits per heavy atom. The van der Waals surface area contributed by atoms with Crippen LogP contribution >= 0.6 is 0 Å². The summed E-state index contributed by atoms with van der Waals surface area (Å²) < 4.78 is 18.3. The number of allylic oxidation sites excluding steroid dienone is 1. The van der Waals surface area contributed by atoms with Gasteiger partial charge in [-0.15, -0.1) is 0 Å². The molecule has 210 valence electrons. The molecule has 4 aliphatic carbocycles. The summed E-state index contributed by atoms with van der Waals surface area (Å²) in [5.41, 5.74) is 3.56. The van der Waals surface area contributed by atoms with E-state index in [2.05, 4.69) is 52.9 Å². The predicted molar refractivity (Wildman–Crippen MR) is 153 cm³/mol. The maximum atomic E-state index is 12.3. The molecule has 5 nitrogen and oxygen atoms in total. The molecule has 1 aromatic carbocycles. The lowest BCUT2D eigenvalue weighted by molar-refractivity contribution is -0.138. The highest BCUT2D eigenvalue weighted by Crippen LogP contribution is 2.62. The smallest absolute Gasteiger partial charge is 0.337 e. The van der Waals surface area contributed by atoms with E-state index in [9.17, 15) is 9.90 Å². The molecule has 2 fully saturated rings. The van der Waals surface area contributed by atoms with E-state index in [0.717, 1.165) is 24.0 Å². The first-order valence-corrected chi connectivity index (χ1v) is 17.7. The largest absolute Gasteiger partial charge is 0.483 e. The number of methoxy groups -OCH3 is 1. The maximum absolute atomic E-state index is 12.3. The van der Waals surface area contributed by atoms with Crippen molar-refractivity contribution in [1.29, 1.82) is 0 Å². The summed E-state index contributed by atoms with van der Waals surface area (Å²) in [6.45, 7) is 14.4. The summed E-state index contributed by atoms with van der Waals surface area (Å²) in [7, 11) is -0.431. The van der Waals surface area contributed by atoms with Crippen LogP contribution < -0.4 is 4.74 Å². The van der Waals surface area contributed by atoms with E-state index in [-0.39, 0.29) is 10.5 Å². The number of hydrogen-bond acceptors (Lipinski definition) is 5. The maximum Gasteiger partial charge on any atom is 0.337 e. The Morgan fingerprint density at radius 2 is 1.87 bits per heavy atom. The molecule has 1 N–H and O–H groups in total. The Balaban J connectivity index is 1.33. The van der Waals surface area contributed by atoms with E-state index in [1.165, 1.54) is 50.3 Å². The minimum atomic E-state index is -1.80. The molecule has 2 saturated carbocycles. The molecule has 0 spiro atoms. The van der Waals surface area contributed by atoms with Gasteiger partial charge in [-0.1, -0.05) is 39.8 Å². The van der Waals surface area contributed by atoms with Crippen LogP contribution in [0.5, 0.6) is 5.75 Å². The first-order chi connectivity index (χ1) is 17.9. The van der Waals surface area contributed by atoms with Crippen molar-refractivity contribution in [2.45, 2.75) is 121 Å². The van der Waals surface area contributed by atoms with Crippen molar-refractivity contribution >= 4 is 14.3 Å². The number of carbonyl (C=O) groups excluding carboxylic acids is 1. The number of hydrogen-bond donors (Lipinski definition) is 1. The van der Waals surface area contributed by atoms with Gasteiger partial charge in [0, 0.05) is 0 Å². The third-order valence-electron chi connectivity index (χ3n) is 11.0. The Bertz CT molecular complexity index is 1090. The van der Waals surface area contributed by atoms with Gasteiger partial charge >= 0.3 is 5.97 Å². The van der Waals surface area contributed by atoms with Gasteiger partial charge in [0.05, 0.1) is 24.9 Å². The number of aliphatic hydroxyl groups is 1. The van der Waals surface area contributed by atoms with Crippen molar-refractivity contribution in [2.75, 3.05) is 7.11 Å². The second kappa shape index (κ2) is 10.1. The number of carbonyl (C=O) groups is 1. The summed E-state index contributed by atoms with van der Waals surface area (Å²) in [6, 6.07) is 6.47. The van der Waals surface area contributed by atoms with Crippen molar-refractivity contribution in [3.63, 3.8) is 0 Å². The highest BCUT2D eigenvalue weighted by atomic mass is 28.4. The van der Waals surface area contributed by atoms with Crippen LogP contribution in [-0.2, 0) is 20.4 Å². The van der Waals surface area contributed by atoms with E-state index in [1.807, 2.05) is 12.1 Å². The zero-order valence-electron chi connectivity index (χ0n) is 24.5. The van der Waals surface area contributed by atoms with Crippen LogP contribution in [0.1, 0.15) is 89.7 Å². The minimum Gasteiger partial charge on any atom is -0.483 e. The molecule has 0 unspecified atom stereocenters. The molecule has 0 aromatic heterocycles. The van der Waals surface area contributed by atoms with Crippen molar-refractivity contribution < 1.29 is 23.8 Å². The molecular weight excluding hydrogens is 492 g/mol. The molecule has 38 heavy (non-hydrogen) atoms. The third kappa shape index (κ3) is 4.79. The van der Waals surface area contributed by atoms with E-state index < -0.39 is 26.5 Å². The van der Waals surface area contributed by atoms with Gasteiger partial charge in [-0.2, -0.15) is 0 Å². The number of fused-ring (bicyclic) bond motifs is 5. The molecule has 0 saturated heterocycles. The zero-order chi connectivity index (χ0) is 27.5. The fourth-order valence-electron chi connectivity index (χ4n) is 7.80. The fourth-order valence-corrected chi connectivity index (χ4v) is 9.25. The molecule has 1 aromatic rings. The van der Waals surface area contributed by atoms with Gasteiger partial charge in [0.2, 0.25) is 0 Å². The molecule has 7 atom stereocenters. The van der Waals surface area contributed by atoms with Gasteiger partial charge < -0.3 is 19.0 Å². The summed E-state index contributed by atoms with van der Waals surface area (Å²) in [6.07, 6.45) is 9.30. The highest BCUT2D eigenvalue weighted by molar-refractivity contribution is 6.74. The SMILES string of the molecule is COC(=O)C1=CCC[C@@H](O)[C@H]1Oc1ccc2c(c1)CC[C@@H]1[C@@H]2CC[C@]2(C)[C@@H](O[Si](C)(C)C(C)(C)C)CC[C@@H]12. The van der Waals surface area contributed by atoms with Gasteiger partial charge in [-0.25, -0.2) is 4.79 Å². The Labute approximate surface area is 230 Å². The lowest BCUT2D eigenvalue weighted by Crippen LogP contribution is -2.50. The van der Waals surface area contributed by atoms with Gasteiger partial charge in [-0.05, 0) is 116 Å². The van der Waals surface area contributed by atoms with Crippen molar-refractivity contribution in [2.24, 2.45) is 17.3 Å². The standard InChI is InChI=1S/C32H48O5Si/c1-31(2,3)38(6,7)37-28-16-15-26-24-13-11-20-19-21(12-14-22(20)23(24)17-18-32(26,28)4)36-29-25(30(34)35-5)9-8-10-27(29)33/h9,12,14,19,23-24,26-29,33H,8,10-11,13,15-18H2,1-7H3/t23-,24-,26+,27-,28+,29+,32+/m1/s1. The van der Waals surface area contributed by atoms with E-state index in [0.29, 0.717) is 30.4 Å². The quantitative estimate of drug-likeness (QED) is 0.324. The van der Waals surface area contributed by atoms with Crippen molar-refractivity contribution in [3.05, 3.63) is 41.0 Å². The van der Waals surface area contributed by atoms with Crippen LogP contribution in [0.3, 0.4) is 0 Å². The molecule has 0 aliphatic heterocycles. The molecule has 4 aliphatic rings. The molecule has 0 amide bonds. The number of ether oxygens (including phenoxy) is 2. The van der Waals surface area contributed by atoms with Crippen molar-refractivity contribution in [3.8, 4) is 5.75 Å². The summed E-state index contributed by atoms with van der Waals surface area (Å²) in [5, 5.41) is 10.8. The number of aliphatic hydroxyl groups excluding tert-OH is 1. The Morgan fingerprint density at radius 3 is 2.58 bits per heavy atom. The number of aryl methyl sites for hydroxylation is 1. The second-order valence-corrected chi connectivity index (χ2v) is 18.9. The van der Waals surface area contributed by atoms with Crippen LogP contribution in [0.2, 0.25) is 18.1 Å². The van der Waals surface area contributed by atoms with E-state index >= 15 is 0 Å². The number of rotatable bonds is 5. The van der Waals surface area contributed by atoms with Gasteiger partial charge in [0.1, 0.15) is 5.75 Å². The molecule has 0 heterocycles. The van der Waals surface area contributed by atoms with Gasteiger partial charge in [-0.3, -0.25) is 0 Å². The summed E-state index contributed by atoms with van der Waals surface area (Å²) in [5.74, 6) is 2.35. The van der Waals surface area contributed by atoms with Crippen LogP contribution in [-0.4, -0.2) is 44.8 Å². The summed E-state index contributed by atoms with van der Waals surface area (Å²) in [4.78, 5) is 12.3. The first-order valence-electron chi connectivity index (χ1n) is 14.8. The van der Waals surface area contributed by atoms with E-state index in [1.54, 1.807) is 0 Å². The Hall–Kier alpha value is -1.63. The average Bonchev–Trinajstić information content (AvgIpc) is 3.19. The molecule has 0 radical (unpaired) electrons. The molecule has 5 rings (SSSR count). The van der Waals surface area contributed by atoms with Crippen molar-refractivity contribution in [1.82, 2.24) is 0 Å². The Kier molecular flexibility index (Phi) is 7.41. The normalized spacial score (nSPS) is 35.0. The van der Waals surface area contributed by atoms with Crippen LogP contribution in [0.4, 0.5) is 0 Å². The van der Waals surface area contributed by atoms with Crippen LogP contribution in [0, 0.1) is 17.3 Å².